The molecule has 5 heteroatoms. The molecular formula is C11H18N4O. The molecule has 88 valence electrons. The minimum absolute atomic E-state index is 0.291. The van der Waals surface area contributed by atoms with Gasteiger partial charge in [-0.25, -0.2) is 4.98 Å². The van der Waals surface area contributed by atoms with Crippen LogP contribution in [0.15, 0.2) is 0 Å². The maximum absolute atomic E-state index is 5.68. The Balaban J connectivity index is 2.41. The van der Waals surface area contributed by atoms with Crippen LogP contribution in [0.3, 0.4) is 0 Å². The maximum Gasteiger partial charge on any atom is 0.223 e. The van der Waals surface area contributed by atoms with E-state index in [-0.39, 0.29) is 0 Å². The summed E-state index contributed by atoms with van der Waals surface area (Å²) < 4.78 is 5.25. The van der Waals surface area contributed by atoms with Crippen LogP contribution < -0.4 is 16.2 Å². The number of hydrogen-bond acceptors (Lipinski definition) is 5. The summed E-state index contributed by atoms with van der Waals surface area (Å²) in [7, 11) is 1.60. The van der Waals surface area contributed by atoms with Crippen molar-refractivity contribution >= 4 is 5.95 Å². The smallest absolute Gasteiger partial charge is 0.223 e. The van der Waals surface area contributed by atoms with Gasteiger partial charge < -0.3 is 16.2 Å². The predicted molar refractivity (Wildman–Crippen MR) is 62.3 cm³/mol. The first-order chi connectivity index (χ1) is 7.76. The number of ether oxygens (including phenoxy) is 1. The highest BCUT2D eigenvalue weighted by Crippen LogP contribution is 2.39. The standard InChI is InChI=1S/C11H18N4O/c1-16-10-8(5-6-12)9(7-3-2-4-7)14-11(13)15-10/h7H,2-6,12H2,1H3,(H2,13,14,15). The van der Waals surface area contributed by atoms with Gasteiger partial charge in [0.25, 0.3) is 0 Å². The summed E-state index contributed by atoms with van der Waals surface area (Å²) in [5.74, 6) is 1.39. The predicted octanol–water partition coefficient (Wildman–Crippen LogP) is 0.836. The van der Waals surface area contributed by atoms with Gasteiger partial charge in [-0.2, -0.15) is 4.98 Å². The molecule has 16 heavy (non-hydrogen) atoms. The van der Waals surface area contributed by atoms with E-state index in [1.165, 1.54) is 19.3 Å². The van der Waals surface area contributed by atoms with Crippen LogP contribution in [-0.4, -0.2) is 23.6 Å². The van der Waals surface area contributed by atoms with E-state index in [9.17, 15) is 0 Å². The van der Waals surface area contributed by atoms with Gasteiger partial charge in [-0.05, 0) is 25.8 Å². The lowest BCUT2D eigenvalue weighted by molar-refractivity contribution is 0.377. The van der Waals surface area contributed by atoms with Gasteiger partial charge in [0.05, 0.1) is 12.8 Å². The van der Waals surface area contributed by atoms with E-state index in [1.807, 2.05) is 0 Å². The van der Waals surface area contributed by atoms with Crippen LogP contribution in [0.25, 0.3) is 0 Å². The van der Waals surface area contributed by atoms with E-state index < -0.39 is 0 Å². The van der Waals surface area contributed by atoms with Crippen molar-refractivity contribution in [3.63, 3.8) is 0 Å². The summed E-state index contributed by atoms with van der Waals surface area (Å²) in [5, 5.41) is 0. The van der Waals surface area contributed by atoms with Crippen LogP contribution >= 0.6 is 0 Å². The Morgan fingerprint density at radius 1 is 1.38 bits per heavy atom. The molecule has 4 N–H and O–H groups in total. The van der Waals surface area contributed by atoms with Crippen molar-refractivity contribution in [3.8, 4) is 5.88 Å². The van der Waals surface area contributed by atoms with Gasteiger partial charge in [-0.1, -0.05) is 6.42 Å². The van der Waals surface area contributed by atoms with Gasteiger partial charge >= 0.3 is 0 Å². The lowest BCUT2D eigenvalue weighted by Gasteiger charge is -2.27. The van der Waals surface area contributed by atoms with Crippen molar-refractivity contribution < 1.29 is 4.74 Å². The second-order valence-corrected chi connectivity index (χ2v) is 4.12. The molecule has 0 amide bonds. The van der Waals surface area contributed by atoms with Crippen LogP contribution in [0.1, 0.15) is 36.4 Å². The van der Waals surface area contributed by atoms with Gasteiger partial charge in [0.15, 0.2) is 0 Å². The van der Waals surface area contributed by atoms with Gasteiger partial charge in [-0.3, -0.25) is 0 Å². The summed E-state index contributed by atoms with van der Waals surface area (Å²) in [6, 6.07) is 0. The first-order valence-electron chi connectivity index (χ1n) is 5.66. The molecule has 1 fully saturated rings. The molecule has 0 aromatic carbocycles. The topological polar surface area (TPSA) is 87.0 Å². The zero-order valence-corrected chi connectivity index (χ0v) is 9.57. The Kier molecular flexibility index (Phi) is 3.24. The highest BCUT2D eigenvalue weighted by Gasteiger charge is 2.26. The van der Waals surface area contributed by atoms with E-state index in [2.05, 4.69) is 9.97 Å². The Bertz CT molecular complexity index is 376. The summed E-state index contributed by atoms with van der Waals surface area (Å²) >= 11 is 0. The zero-order chi connectivity index (χ0) is 11.5. The van der Waals surface area contributed by atoms with Crippen LogP contribution in [0, 0.1) is 0 Å². The van der Waals surface area contributed by atoms with E-state index >= 15 is 0 Å². The number of nitrogen functional groups attached to an aromatic ring is 1. The number of nitrogens with zero attached hydrogens (tertiary/aromatic N) is 2. The molecule has 1 aromatic heterocycles. The molecule has 2 rings (SSSR count). The molecule has 1 aromatic rings. The number of anilines is 1. The average Bonchev–Trinajstić information content (AvgIpc) is 2.19. The molecule has 0 atom stereocenters. The first kappa shape index (κ1) is 11.1. The van der Waals surface area contributed by atoms with Crippen LogP contribution in [0.2, 0.25) is 0 Å². The molecular weight excluding hydrogens is 204 g/mol. The van der Waals surface area contributed by atoms with Gasteiger partial charge in [0, 0.05) is 11.5 Å². The van der Waals surface area contributed by atoms with E-state index in [0.717, 1.165) is 17.7 Å². The third-order valence-electron chi connectivity index (χ3n) is 3.10. The Morgan fingerprint density at radius 2 is 2.12 bits per heavy atom. The monoisotopic (exact) mass is 222 g/mol. The molecule has 0 spiro atoms. The fraction of sp³-hybridized carbons (Fsp3) is 0.636. The number of nitrogens with two attached hydrogens (primary N) is 2. The molecule has 0 radical (unpaired) electrons. The first-order valence-corrected chi connectivity index (χ1v) is 5.66. The molecule has 0 bridgehead atoms. The summed E-state index contributed by atoms with van der Waals surface area (Å²) in [4.78, 5) is 8.45. The van der Waals surface area contributed by atoms with Crippen LogP contribution in [0.4, 0.5) is 5.95 Å². The summed E-state index contributed by atoms with van der Waals surface area (Å²) in [6.07, 6.45) is 4.36. The molecule has 1 aliphatic rings. The third kappa shape index (κ3) is 1.95. The van der Waals surface area contributed by atoms with Crippen molar-refractivity contribution in [1.29, 1.82) is 0 Å². The van der Waals surface area contributed by atoms with Crippen LogP contribution in [0.5, 0.6) is 5.88 Å². The Hall–Kier alpha value is -1.36. The lowest BCUT2D eigenvalue weighted by Crippen LogP contribution is -2.18. The van der Waals surface area contributed by atoms with Gasteiger partial charge in [-0.15, -0.1) is 0 Å². The second kappa shape index (κ2) is 4.65. The van der Waals surface area contributed by atoms with Crippen molar-refractivity contribution in [1.82, 2.24) is 9.97 Å². The number of methoxy groups -OCH3 is 1. The molecule has 1 aliphatic carbocycles. The number of aromatic nitrogens is 2. The lowest BCUT2D eigenvalue weighted by atomic mass is 9.81. The maximum atomic E-state index is 5.68. The van der Waals surface area contributed by atoms with Gasteiger partial charge in [0.1, 0.15) is 0 Å². The van der Waals surface area contributed by atoms with Gasteiger partial charge in [0.2, 0.25) is 11.8 Å². The third-order valence-corrected chi connectivity index (χ3v) is 3.10. The Morgan fingerprint density at radius 3 is 2.62 bits per heavy atom. The molecule has 0 aliphatic heterocycles. The molecule has 5 nitrogen and oxygen atoms in total. The highest BCUT2D eigenvalue weighted by atomic mass is 16.5. The summed E-state index contributed by atoms with van der Waals surface area (Å²) in [6.45, 7) is 0.573. The zero-order valence-electron chi connectivity index (χ0n) is 9.57. The number of rotatable bonds is 4. The highest BCUT2D eigenvalue weighted by molar-refractivity contribution is 5.39. The van der Waals surface area contributed by atoms with Crippen molar-refractivity contribution in [2.24, 2.45) is 5.73 Å². The fourth-order valence-corrected chi connectivity index (χ4v) is 2.06. The molecule has 1 saturated carbocycles. The van der Waals surface area contributed by atoms with Crippen molar-refractivity contribution in [2.75, 3.05) is 19.4 Å². The SMILES string of the molecule is COc1nc(N)nc(C2CCC2)c1CCN. The fourth-order valence-electron chi connectivity index (χ4n) is 2.06. The minimum atomic E-state index is 0.291. The average molecular weight is 222 g/mol. The molecule has 0 saturated heterocycles. The van der Waals surface area contributed by atoms with Crippen molar-refractivity contribution in [2.45, 2.75) is 31.6 Å². The second-order valence-electron chi connectivity index (χ2n) is 4.12. The quantitative estimate of drug-likeness (QED) is 0.788. The molecule has 0 unspecified atom stereocenters. The van der Waals surface area contributed by atoms with Crippen LogP contribution in [-0.2, 0) is 6.42 Å². The largest absolute Gasteiger partial charge is 0.481 e. The Labute approximate surface area is 95.2 Å². The molecule has 1 heterocycles. The van der Waals surface area contributed by atoms with E-state index in [4.69, 9.17) is 16.2 Å². The normalized spacial score (nSPS) is 15.9. The minimum Gasteiger partial charge on any atom is -0.481 e. The van der Waals surface area contributed by atoms with E-state index in [1.54, 1.807) is 7.11 Å². The van der Waals surface area contributed by atoms with E-state index in [0.29, 0.717) is 24.3 Å². The number of hydrogen-bond donors (Lipinski definition) is 2. The van der Waals surface area contributed by atoms with Crippen molar-refractivity contribution in [3.05, 3.63) is 11.3 Å². The summed E-state index contributed by atoms with van der Waals surface area (Å²) in [5.41, 5.74) is 13.4.